The molecule has 4 atom stereocenters. The van der Waals surface area contributed by atoms with Gasteiger partial charge in [-0.05, 0) is 86.1 Å². The third kappa shape index (κ3) is 7.19. The van der Waals surface area contributed by atoms with Crippen LogP contribution in [0.3, 0.4) is 0 Å². The van der Waals surface area contributed by atoms with Crippen molar-refractivity contribution in [3.63, 3.8) is 0 Å². The van der Waals surface area contributed by atoms with E-state index in [4.69, 9.17) is 4.74 Å². The number of aromatic nitrogens is 2. The summed E-state index contributed by atoms with van der Waals surface area (Å²) in [6, 6.07) is 22.4. The minimum Gasteiger partial charge on any atom is -0.372 e. The molecule has 7 heterocycles. The zero-order valence-electron chi connectivity index (χ0n) is 34.5. The van der Waals surface area contributed by atoms with Crippen LogP contribution in [-0.2, 0) is 32.2 Å². The Morgan fingerprint density at radius 1 is 0.823 bits per heavy atom. The number of anilines is 3. The lowest BCUT2D eigenvalue weighted by Crippen LogP contribution is -2.55. The van der Waals surface area contributed by atoms with E-state index in [1.54, 1.807) is 17.0 Å². The highest BCUT2D eigenvalue weighted by atomic mass is 16.5. The predicted octanol–water partition coefficient (Wildman–Crippen LogP) is 3.86. The number of imide groups is 2. The number of methoxy groups -OCH3 is 1. The van der Waals surface area contributed by atoms with E-state index < -0.39 is 35.8 Å². The van der Waals surface area contributed by atoms with Crippen molar-refractivity contribution in [1.82, 2.24) is 30.2 Å². The molecule has 62 heavy (non-hydrogen) atoms. The zero-order chi connectivity index (χ0) is 42.6. The Bertz CT molecular complexity index is 2430. The van der Waals surface area contributed by atoms with Crippen molar-refractivity contribution in [1.29, 1.82) is 0 Å². The zero-order valence-corrected chi connectivity index (χ0v) is 34.5. The fourth-order valence-electron chi connectivity index (χ4n) is 10.4. The largest absolute Gasteiger partial charge is 0.372 e. The number of carbonyl (C=O) groups excluding carboxylic acids is 6. The van der Waals surface area contributed by atoms with Gasteiger partial charge in [-0.3, -0.25) is 49.0 Å². The van der Waals surface area contributed by atoms with Crippen molar-refractivity contribution in [2.45, 2.75) is 75.8 Å². The minimum absolute atomic E-state index is 0.0901. The molecule has 1 aromatic heterocycles. The Balaban J connectivity index is 0.704. The Kier molecular flexibility index (Phi) is 10.3. The van der Waals surface area contributed by atoms with E-state index in [0.717, 1.165) is 91.5 Å². The summed E-state index contributed by atoms with van der Waals surface area (Å²) in [7, 11) is 1.53. The van der Waals surface area contributed by atoms with E-state index in [-0.39, 0.29) is 24.7 Å². The van der Waals surface area contributed by atoms with Crippen LogP contribution in [0.1, 0.15) is 92.5 Å². The summed E-state index contributed by atoms with van der Waals surface area (Å²) in [6.45, 7) is 5.29. The summed E-state index contributed by atoms with van der Waals surface area (Å²) in [4.78, 5) is 87.8. The highest BCUT2D eigenvalue weighted by Crippen LogP contribution is 2.38. The number of nitrogens with zero attached hydrogens (tertiary/aromatic N) is 6. The molecule has 4 saturated heterocycles. The molecule has 4 aromatic rings. The van der Waals surface area contributed by atoms with Gasteiger partial charge < -0.3 is 24.8 Å². The second kappa shape index (κ2) is 16.1. The Morgan fingerprint density at radius 3 is 2.24 bits per heavy atom. The van der Waals surface area contributed by atoms with Gasteiger partial charge in [-0.2, -0.15) is 5.10 Å². The average molecular weight is 840 g/mol. The van der Waals surface area contributed by atoms with Crippen molar-refractivity contribution >= 4 is 52.6 Å². The van der Waals surface area contributed by atoms with Crippen LogP contribution in [0.5, 0.6) is 0 Å². The van der Waals surface area contributed by atoms with Crippen LogP contribution in [-0.4, -0.2) is 118 Å². The maximum atomic E-state index is 13.5. The SMILES string of the molecule is CO[C@@H](C(=O)N1Cc2[nH]nc(NC(=O)c3ccc(N4CCC(CN5C6CCC5CN(c5ccc7c(c5)C(=O)N(C5CCC(=O)NC5=O)C7=O)C6)CC4)cc3)c2C1)c1ccccc1. The second-order valence-electron chi connectivity index (χ2n) is 17.3. The van der Waals surface area contributed by atoms with Crippen molar-refractivity contribution in [3.05, 3.63) is 106 Å². The number of benzene rings is 3. The molecule has 0 radical (unpaired) electrons. The first-order valence-corrected chi connectivity index (χ1v) is 21.6. The Hall–Kier alpha value is -6.39. The molecular weight excluding hydrogens is 791 g/mol. The van der Waals surface area contributed by atoms with Crippen molar-refractivity contribution < 1.29 is 33.5 Å². The van der Waals surface area contributed by atoms with Gasteiger partial charge in [-0.25, -0.2) is 0 Å². The van der Waals surface area contributed by atoms with Gasteiger partial charge in [-0.15, -0.1) is 0 Å². The molecule has 320 valence electrons. The van der Waals surface area contributed by atoms with E-state index in [1.165, 1.54) is 7.11 Å². The monoisotopic (exact) mass is 839 g/mol. The van der Waals surface area contributed by atoms with Crippen molar-refractivity contribution in [3.8, 4) is 0 Å². The van der Waals surface area contributed by atoms with E-state index in [1.807, 2.05) is 60.7 Å². The van der Waals surface area contributed by atoms with Crippen LogP contribution in [0.4, 0.5) is 17.2 Å². The number of carbonyl (C=O) groups is 6. The first-order valence-electron chi connectivity index (χ1n) is 21.6. The second-order valence-corrected chi connectivity index (χ2v) is 17.3. The summed E-state index contributed by atoms with van der Waals surface area (Å²) in [5.41, 5.74) is 5.51. The standard InChI is InChI=1S/C46H49N9O7/c1-62-40(28-5-3-2-4-6-28)46(61)53-25-36-37(26-53)49-50-41(36)48-42(57)29-7-9-30(10-8-29)51-19-17-27(18-20-51)22-54-32-11-12-33(54)24-52(23-32)31-13-14-34-35(21-31)45(60)55(44(34)59)38-15-16-39(56)47-43(38)58/h2-10,13-14,21,27,32-33,38,40H,11-12,15-20,22-26H2,1H3,(H,47,56,58)(H2,48,49,50,57)/t32?,33?,38?,40-/m1/s1. The Morgan fingerprint density at radius 2 is 1.53 bits per heavy atom. The first-order chi connectivity index (χ1) is 30.1. The van der Waals surface area contributed by atoms with Gasteiger partial charge in [-0.1, -0.05) is 30.3 Å². The molecule has 10 rings (SSSR count). The lowest BCUT2D eigenvalue weighted by atomic mass is 9.94. The molecule has 0 spiro atoms. The summed E-state index contributed by atoms with van der Waals surface area (Å²) >= 11 is 0. The van der Waals surface area contributed by atoms with Crippen LogP contribution in [0.2, 0.25) is 0 Å². The van der Waals surface area contributed by atoms with Crippen LogP contribution < -0.4 is 20.4 Å². The number of aromatic amines is 1. The highest BCUT2D eigenvalue weighted by Gasteiger charge is 2.46. The van der Waals surface area contributed by atoms with Crippen LogP contribution >= 0.6 is 0 Å². The number of hydrogen-bond acceptors (Lipinski definition) is 11. The number of H-pyrrole nitrogens is 1. The molecule has 4 fully saturated rings. The molecule has 3 aromatic carbocycles. The van der Waals surface area contributed by atoms with Crippen LogP contribution in [0.25, 0.3) is 0 Å². The third-order valence-corrected chi connectivity index (χ3v) is 13.8. The molecule has 16 heteroatoms. The highest BCUT2D eigenvalue weighted by molar-refractivity contribution is 6.23. The number of fused-ring (bicyclic) bond motifs is 4. The summed E-state index contributed by atoms with van der Waals surface area (Å²) in [5.74, 6) is -1.37. The predicted molar refractivity (Wildman–Crippen MR) is 227 cm³/mol. The molecule has 6 aliphatic rings. The molecule has 2 bridgehead atoms. The van der Waals surface area contributed by atoms with E-state index in [0.29, 0.717) is 53.6 Å². The fourth-order valence-corrected chi connectivity index (χ4v) is 10.4. The lowest BCUT2D eigenvalue weighted by molar-refractivity contribution is -0.143. The number of nitrogens with one attached hydrogen (secondary N) is 3. The number of ether oxygens (including phenoxy) is 1. The van der Waals surface area contributed by atoms with E-state index in [9.17, 15) is 28.8 Å². The van der Waals surface area contributed by atoms with Gasteiger partial charge in [0.2, 0.25) is 11.8 Å². The molecule has 16 nitrogen and oxygen atoms in total. The van der Waals surface area contributed by atoms with Crippen LogP contribution in [0, 0.1) is 5.92 Å². The first kappa shape index (κ1) is 39.7. The van der Waals surface area contributed by atoms with Gasteiger partial charge in [0.05, 0.1) is 29.9 Å². The van der Waals surface area contributed by atoms with E-state index in [2.05, 4.69) is 35.5 Å². The molecular formula is C46H49N9O7. The molecule has 6 amide bonds. The maximum absolute atomic E-state index is 13.5. The maximum Gasteiger partial charge on any atom is 0.262 e. The quantitative estimate of drug-likeness (QED) is 0.198. The van der Waals surface area contributed by atoms with Gasteiger partial charge in [0.15, 0.2) is 11.9 Å². The number of piperidine rings is 2. The smallest absolute Gasteiger partial charge is 0.262 e. The van der Waals surface area contributed by atoms with Gasteiger partial charge in [0.25, 0.3) is 23.6 Å². The topological polar surface area (TPSA) is 181 Å². The van der Waals surface area contributed by atoms with Gasteiger partial charge in [0, 0.05) is 80.8 Å². The van der Waals surface area contributed by atoms with Gasteiger partial charge in [0.1, 0.15) is 6.04 Å². The fraction of sp³-hybridized carbons (Fsp3) is 0.413. The summed E-state index contributed by atoms with van der Waals surface area (Å²) in [5, 5.41) is 12.5. The normalized spacial score (nSPS) is 23.1. The van der Waals surface area contributed by atoms with Crippen molar-refractivity contribution in [2.24, 2.45) is 5.92 Å². The molecule has 3 N–H and O–H groups in total. The van der Waals surface area contributed by atoms with Gasteiger partial charge >= 0.3 is 0 Å². The third-order valence-electron chi connectivity index (χ3n) is 13.8. The molecule has 0 saturated carbocycles. The minimum atomic E-state index is -0.978. The molecule has 6 aliphatic heterocycles. The average Bonchev–Trinajstić information content (AvgIpc) is 4.00. The molecule has 3 unspecified atom stereocenters. The van der Waals surface area contributed by atoms with Crippen molar-refractivity contribution in [2.75, 3.05) is 55.0 Å². The van der Waals surface area contributed by atoms with Crippen LogP contribution in [0.15, 0.2) is 72.8 Å². The summed E-state index contributed by atoms with van der Waals surface area (Å²) in [6.07, 6.45) is 3.90. The summed E-state index contributed by atoms with van der Waals surface area (Å²) < 4.78 is 5.56. The lowest BCUT2D eigenvalue weighted by Gasteiger charge is -2.44. The number of piperazine rings is 1. The molecule has 0 aliphatic carbocycles. The number of rotatable bonds is 10. The van der Waals surface area contributed by atoms with E-state index >= 15 is 0 Å². The number of amides is 6. The Labute approximate surface area is 358 Å². The number of hydrogen-bond donors (Lipinski definition) is 3.